The van der Waals surface area contributed by atoms with Gasteiger partial charge >= 0.3 is 0 Å². The number of H-pyrrole nitrogens is 1. The van der Waals surface area contributed by atoms with Gasteiger partial charge in [0.2, 0.25) is 0 Å². The predicted molar refractivity (Wildman–Crippen MR) is 84.2 cm³/mol. The molecule has 0 saturated carbocycles. The van der Waals surface area contributed by atoms with E-state index in [1.807, 2.05) is 0 Å². The second-order valence-corrected chi connectivity index (χ2v) is 5.59. The minimum Gasteiger partial charge on any atom is -0.367 e. The summed E-state index contributed by atoms with van der Waals surface area (Å²) in [4.78, 5) is 6.07. The van der Waals surface area contributed by atoms with Gasteiger partial charge in [-0.05, 0) is 24.6 Å². The van der Waals surface area contributed by atoms with Gasteiger partial charge in [0.1, 0.15) is 0 Å². The Labute approximate surface area is 119 Å². The van der Waals surface area contributed by atoms with Crippen LogP contribution in [0.3, 0.4) is 0 Å². The van der Waals surface area contributed by atoms with Gasteiger partial charge in [-0.1, -0.05) is 36.4 Å². The van der Waals surface area contributed by atoms with Crippen molar-refractivity contribution in [2.24, 2.45) is 0 Å². The maximum Gasteiger partial charge on any atom is 0.0459 e. The lowest BCUT2D eigenvalue weighted by atomic mass is 10.0. The molecule has 100 valence electrons. The molecule has 1 aliphatic rings. The molecule has 0 amide bonds. The average Bonchev–Trinajstić information content (AvgIpc) is 2.85. The van der Waals surface area contributed by atoms with Crippen LogP contribution in [0.15, 0.2) is 48.5 Å². The Hall–Kier alpha value is -2.22. The number of nitrogens with one attached hydrogen (secondary N) is 1. The third-order valence-electron chi connectivity index (χ3n) is 4.34. The van der Waals surface area contributed by atoms with Crippen LogP contribution < -0.4 is 4.90 Å². The van der Waals surface area contributed by atoms with E-state index in [9.17, 15) is 0 Å². The maximum atomic E-state index is 3.58. The molecule has 0 atom stereocenters. The number of aryl methyl sites for hydroxylation is 1. The highest BCUT2D eigenvalue weighted by molar-refractivity contribution is 5.85. The molecule has 0 fully saturated rings. The highest BCUT2D eigenvalue weighted by atomic mass is 15.1. The second-order valence-electron chi connectivity index (χ2n) is 5.59. The first kappa shape index (κ1) is 11.6. The molecule has 1 aromatic heterocycles. The first-order valence-corrected chi connectivity index (χ1v) is 7.22. The molecule has 2 nitrogen and oxygen atoms in total. The van der Waals surface area contributed by atoms with Crippen LogP contribution >= 0.6 is 0 Å². The summed E-state index contributed by atoms with van der Waals surface area (Å²) >= 11 is 0. The van der Waals surface area contributed by atoms with Crippen molar-refractivity contribution < 1.29 is 0 Å². The van der Waals surface area contributed by atoms with Gasteiger partial charge < -0.3 is 9.88 Å². The van der Waals surface area contributed by atoms with Crippen LogP contribution in [0, 0.1) is 6.92 Å². The summed E-state index contributed by atoms with van der Waals surface area (Å²) in [5.74, 6) is 0. The number of fused-ring (bicyclic) bond motifs is 3. The molecular weight excluding hydrogens is 244 g/mol. The fourth-order valence-electron chi connectivity index (χ4n) is 3.29. The number of anilines is 1. The van der Waals surface area contributed by atoms with Gasteiger partial charge in [0, 0.05) is 47.4 Å². The number of nitrogens with zero attached hydrogens (tertiary/aromatic N) is 1. The highest BCUT2D eigenvalue weighted by Crippen LogP contribution is 2.31. The van der Waals surface area contributed by atoms with E-state index in [1.54, 1.807) is 0 Å². The zero-order valence-corrected chi connectivity index (χ0v) is 11.7. The first-order valence-electron chi connectivity index (χ1n) is 7.22. The van der Waals surface area contributed by atoms with Crippen LogP contribution in [0.25, 0.3) is 10.9 Å². The molecular formula is C18H18N2. The molecule has 4 rings (SSSR count). The van der Waals surface area contributed by atoms with Gasteiger partial charge in [0.05, 0.1) is 0 Å². The van der Waals surface area contributed by atoms with Gasteiger partial charge in [-0.15, -0.1) is 0 Å². The quantitative estimate of drug-likeness (QED) is 0.701. The standard InChI is InChI=1S/C18H18N2/c1-13-6-2-5-9-18(13)20-11-10-17-15(12-20)14-7-3-4-8-16(14)19-17/h2-9,19H,10-12H2,1H3. The van der Waals surface area contributed by atoms with E-state index in [4.69, 9.17) is 0 Å². The summed E-state index contributed by atoms with van der Waals surface area (Å²) in [6, 6.07) is 17.3. The van der Waals surface area contributed by atoms with Gasteiger partial charge in [-0.25, -0.2) is 0 Å². The second kappa shape index (κ2) is 4.41. The Balaban J connectivity index is 1.78. The normalized spacial score (nSPS) is 14.6. The molecule has 1 aliphatic heterocycles. The molecule has 0 radical (unpaired) electrons. The molecule has 2 heteroatoms. The van der Waals surface area contributed by atoms with Crippen molar-refractivity contribution in [1.29, 1.82) is 0 Å². The van der Waals surface area contributed by atoms with Gasteiger partial charge in [0.15, 0.2) is 0 Å². The summed E-state index contributed by atoms with van der Waals surface area (Å²) < 4.78 is 0. The smallest absolute Gasteiger partial charge is 0.0459 e. The predicted octanol–water partition coefficient (Wildman–Crippen LogP) is 4.04. The van der Waals surface area contributed by atoms with E-state index in [-0.39, 0.29) is 0 Å². The van der Waals surface area contributed by atoms with Crippen LogP contribution in [-0.2, 0) is 13.0 Å². The molecule has 0 unspecified atom stereocenters. The summed E-state index contributed by atoms with van der Waals surface area (Å²) in [6.45, 7) is 4.29. The molecule has 0 spiro atoms. The lowest BCUT2D eigenvalue weighted by molar-refractivity contribution is 0.724. The van der Waals surface area contributed by atoms with Crippen molar-refractivity contribution in [3.05, 3.63) is 65.4 Å². The fraction of sp³-hybridized carbons (Fsp3) is 0.222. The van der Waals surface area contributed by atoms with Crippen LogP contribution in [-0.4, -0.2) is 11.5 Å². The molecule has 20 heavy (non-hydrogen) atoms. The summed E-state index contributed by atoms with van der Waals surface area (Å²) in [5, 5.41) is 1.38. The zero-order chi connectivity index (χ0) is 13.5. The zero-order valence-electron chi connectivity index (χ0n) is 11.7. The minimum absolute atomic E-state index is 1.00. The van der Waals surface area contributed by atoms with E-state index in [0.29, 0.717) is 0 Å². The molecule has 2 heterocycles. The lowest BCUT2D eigenvalue weighted by Gasteiger charge is -2.30. The molecule has 0 bridgehead atoms. The molecule has 3 aromatic rings. The monoisotopic (exact) mass is 262 g/mol. The number of benzene rings is 2. The van der Waals surface area contributed by atoms with Crippen LogP contribution in [0.4, 0.5) is 5.69 Å². The summed E-state index contributed by atoms with van der Waals surface area (Å²) in [7, 11) is 0. The van der Waals surface area contributed by atoms with Crippen LogP contribution in [0.1, 0.15) is 16.8 Å². The number of hydrogen-bond acceptors (Lipinski definition) is 1. The third-order valence-corrected chi connectivity index (χ3v) is 4.34. The van der Waals surface area contributed by atoms with Gasteiger partial charge in [0.25, 0.3) is 0 Å². The summed E-state index contributed by atoms with van der Waals surface area (Å²) in [5.41, 5.74) is 6.87. The van der Waals surface area contributed by atoms with Crippen molar-refractivity contribution in [3.63, 3.8) is 0 Å². The van der Waals surface area contributed by atoms with Gasteiger partial charge in [-0.2, -0.15) is 0 Å². The summed E-state index contributed by atoms with van der Waals surface area (Å²) in [6.07, 6.45) is 1.10. The number of rotatable bonds is 1. The SMILES string of the molecule is Cc1ccccc1N1CCc2[nH]c3ccccc3c2C1. The van der Waals surface area contributed by atoms with E-state index in [1.165, 1.54) is 33.4 Å². The van der Waals surface area contributed by atoms with E-state index in [0.717, 1.165) is 19.5 Å². The Kier molecular flexibility index (Phi) is 2.56. The molecule has 0 aliphatic carbocycles. The third kappa shape index (κ3) is 1.72. The van der Waals surface area contributed by atoms with E-state index >= 15 is 0 Å². The van der Waals surface area contributed by atoms with Crippen molar-refractivity contribution in [1.82, 2.24) is 4.98 Å². The number of aromatic nitrogens is 1. The number of aromatic amines is 1. The average molecular weight is 262 g/mol. The first-order chi connectivity index (χ1) is 9.83. The Bertz CT molecular complexity index is 770. The number of hydrogen-bond donors (Lipinski definition) is 1. The van der Waals surface area contributed by atoms with Crippen molar-refractivity contribution >= 4 is 16.6 Å². The van der Waals surface area contributed by atoms with Crippen molar-refractivity contribution in [2.45, 2.75) is 19.9 Å². The van der Waals surface area contributed by atoms with E-state index < -0.39 is 0 Å². The fourth-order valence-corrected chi connectivity index (χ4v) is 3.29. The van der Waals surface area contributed by atoms with Crippen LogP contribution in [0.2, 0.25) is 0 Å². The lowest BCUT2D eigenvalue weighted by Crippen LogP contribution is -2.30. The van der Waals surface area contributed by atoms with Gasteiger partial charge in [-0.3, -0.25) is 0 Å². The molecule has 1 N–H and O–H groups in total. The molecule has 0 saturated heterocycles. The Morgan fingerprint density at radius 2 is 1.80 bits per heavy atom. The van der Waals surface area contributed by atoms with Crippen molar-refractivity contribution in [2.75, 3.05) is 11.4 Å². The van der Waals surface area contributed by atoms with Crippen molar-refractivity contribution in [3.8, 4) is 0 Å². The van der Waals surface area contributed by atoms with Crippen LogP contribution in [0.5, 0.6) is 0 Å². The molecule has 2 aromatic carbocycles. The topological polar surface area (TPSA) is 19.0 Å². The van der Waals surface area contributed by atoms with E-state index in [2.05, 4.69) is 65.3 Å². The largest absolute Gasteiger partial charge is 0.367 e. The minimum atomic E-state index is 1.00. The maximum absolute atomic E-state index is 3.58. The Morgan fingerprint density at radius 3 is 2.70 bits per heavy atom. The number of para-hydroxylation sites is 2. The Morgan fingerprint density at radius 1 is 1.00 bits per heavy atom. The highest BCUT2D eigenvalue weighted by Gasteiger charge is 2.21.